The molecule has 1 saturated carbocycles. The minimum Gasteiger partial charge on any atom is -0.496 e. The first-order valence-corrected chi connectivity index (χ1v) is 8.71. The van der Waals surface area contributed by atoms with Gasteiger partial charge in [0.25, 0.3) is 0 Å². The van der Waals surface area contributed by atoms with Crippen molar-refractivity contribution in [1.82, 2.24) is 4.90 Å². The quantitative estimate of drug-likeness (QED) is 0.895. The molecule has 1 saturated heterocycles. The average Bonchev–Trinajstić information content (AvgIpc) is 2.64. The standard InChI is InChI=1S/C19H27NO4/c1-23-15-6-4-3-5-14(15)7-8-18(22)20-11-9-19(10-12-20)16(21)13-17(19)24-2/h3-6,16-17,21H,7-13H2,1-2H3/t16-,17+/m0/s1. The summed E-state index contributed by atoms with van der Waals surface area (Å²) in [6.07, 6.45) is 3.40. The van der Waals surface area contributed by atoms with E-state index in [1.807, 2.05) is 29.2 Å². The first-order chi connectivity index (χ1) is 11.6. The van der Waals surface area contributed by atoms with Crippen LogP contribution in [0.15, 0.2) is 24.3 Å². The SMILES string of the molecule is COc1ccccc1CCC(=O)N1CCC2(CC1)[C@@H](O)C[C@H]2OC. The van der Waals surface area contributed by atoms with Crippen molar-refractivity contribution in [2.45, 2.75) is 44.3 Å². The Morgan fingerprint density at radius 2 is 2.00 bits per heavy atom. The van der Waals surface area contributed by atoms with Crippen LogP contribution in [0.2, 0.25) is 0 Å². The molecule has 2 fully saturated rings. The van der Waals surface area contributed by atoms with Gasteiger partial charge in [0.05, 0.1) is 19.3 Å². The van der Waals surface area contributed by atoms with Gasteiger partial charge >= 0.3 is 0 Å². The van der Waals surface area contributed by atoms with Crippen LogP contribution in [0.4, 0.5) is 0 Å². The lowest BCUT2D eigenvalue weighted by atomic mass is 9.58. The van der Waals surface area contributed by atoms with Gasteiger partial charge in [0.2, 0.25) is 5.91 Å². The van der Waals surface area contributed by atoms with Crippen molar-refractivity contribution in [2.24, 2.45) is 5.41 Å². The second-order valence-electron chi connectivity index (χ2n) is 6.90. The maximum atomic E-state index is 12.5. The molecule has 3 rings (SSSR count). The first kappa shape index (κ1) is 17.2. The second kappa shape index (κ2) is 7.11. The van der Waals surface area contributed by atoms with Crippen LogP contribution in [0.3, 0.4) is 0 Å². The average molecular weight is 333 g/mol. The van der Waals surface area contributed by atoms with E-state index in [9.17, 15) is 9.90 Å². The lowest BCUT2D eigenvalue weighted by Crippen LogP contribution is -2.62. The summed E-state index contributed by atoms with van der Waals surface area (Å²) in [5.74, 6) is 1.02. The summed E-state index contributed by atoms with van der Waals surface area (Å²) in [7, 11) is 3.37. The third-order valence-corrected chi connectivity index (χ3v) is 5.87. The number of piperidine rings is 1. The summed E-state index contributed by atoms with van der Waals surface area (Å²) in [6, 6.07) is 7.83. The van der Waals surface area contributed by atoms with E-state index < -0.39 is 0 Å². The Morgan fingerprint density at radius 1 is 1.29 bits per heavy atom. The zero-order chi connectivity index (χ0) is 17.2. The molecule has 1 heterocycles. The van der Waals surface area contributed by atoms with Gasteiger partial charge in [-0.3, -0.25) is 4.79 Å². The van der Waals surface area contributed by atoms with Gasteiger partial charge in [0.1, 0.15) is 5.75 Å². The van der Waals surface area contributed by atoms with Crippen LogP contribution in [0.5, 0.6) is 5.75 Å². The Kier molecular flexibility index (Phi) is 5.11. The van der Waals surface area contributed by atoms with Gasteiger partial charge in [-0.2, -0.15) is 0 Å². The summed E-state index contributed by atoms with van der Waals surface area (Å²) < 4.78 is 10.8. The fourth-order valence-corrected chi connectivity index (χ4v) is 4.19. The fourth-order valence-electron chi connectivity index (χ4n) is 4.19. The van der Waals surface area contributed by atoms with Crippen molar-refractivity contribution in [2.75, 3.05) is 27.3 Å². The van der Waals surface area contributed by atoms with Crippen molar-refractivity contribution in [3.63, 3.8) is 0 Å². The summed E-state index contributed by atoms with van der Waals surface area (Å²) >= 11 is 0. The molecule has 0 aromatic heterocycles. The smallest absolute Gasteiger partial charge is 0.222 e. The number of aliphatic hydroxyl groups excluding tert-OH is 1. The van der Waals surface area contributed by atoms with E-state index in [1.165, 1.54) is 0 Å². The third kappa shape index (κ3) is 3.03. The van der Waals surface area contributed by atoms with E-state index >= 15 is 0 Å². The molecule has 0 bridgehead atoms. The lowest BCUT2D eigenvalue weighted by Gasteiger charge is -2.56. The van der Waals surface area contributed by atoms with Crippen molar-refractivity contribution in [3.05, 3.63) is 29.8 Å². The summed E-state index contributed by atoms with van der Waals surface area (Å²) in [6.45, 7) is 1.42. The topological polar surface area (TPSA) is 59.0 Å². The normalized spacial score (nSPS) is 25.4. The van der Waals surface area contributed by atoms with Gasteiger partial charge in [-0.1, -0.05) is 18.2 Å². The highest BCUT2D eigenvalue weighted by atomic mass is 16.5. The number of rotatable bonds is 5. The Labute approximate surface area is 143 Å². The van der Waals surface area contributed by atoms with Crippen LogP contribution in [0, 0.1) is 5.41 Å². The van der Waals surface area contributed by atoms with Gasteiger partial charge in [-0.05, 0) is 30.9 Å². The molecule has 1 N–H and O–H groups in total. The zero-order valence-electron chi connectivity index (χ0n) is 14.5. The maximum Gasteiger partial charge on any atom is 0.222 e. The number of para-hydroxylation sites is 1. The predicted octanol–water partition coefficient (Wildman–Crippen LogP) is 2.02. The second-order valence-corrected chi connectivity index (χ2v) is 6.90. The Morgan fingerprint density at radius 3 is 2.62 bits per heavy atom. The van der Waals surface area contributed by atoms with Gasteiger partial charge in [-0.15, -0.1) is 0 Å². The molecule has 1 aliphatic carbocycles. The van der Waals surface area contributed by atoms with E-state index in [2.05, 4.69) is 0 Å². The summed E-state index contributed by atoms with van der Waals surface area (Å²) in [4.78, 5) is 14.4. The van der Waals surface area contributed by atoms with Crippen LogP contribution in [-0.4, -0.2) is 55.4 Å². The van der Waals surface area contributed by atoms with E-state index in [4.69, 9.17) is 9.47 Å². The molecule has 1 aromatic rings. The van der Waals surface area contributed by atoms with Crippen LogP contribution in [-0.2, 0) is 16.0 Å². The number of carbonyl (C=O) groups is 1. The van der Waals surface area contributed by atoms with Crippen LogP contribution < -0.4 is 4.74 Å². The molecule has 1 aromatic carbocycles. The Balaban J connectivity index is 1.52. The van der Waals surface area contributed by atoms with E-state index in [1.54, 1.807) is 14.2 Å². The molecule has 1 aliphatic heterocycles. The molecule has 2 atom stereocenters. The van der Waals surface area contributed by atoms with E-state index in [0.29, 0.717) is 25.9 Å². The number of nitrogens with zero attached hydrogens (tertiary/aromatic N) is 1. The molecule has 0 unspecified atom stereocenters. The van der Waals surface area contributed by atoms with Crippen molar-refractivity contribution < 1.29 is 19.4 Å². The number of methoxy groups -OCH3 is 2. The predicted molar refractivity (Wildman–Crippen MR) is 91.0 cm³/mol. The number of aliphatic hydroxyl groups is 1. The molecule has 5 heteroatoms. The number of amides is 1. The van der Waals surface area contributed by atoms with Gasteiger partial charge in [0, 0.05) is 38.5 Å². The Bertz CT molecular complexity index is 580. The van der Waals surface area contributed by atoms with Gasteiger partial charge in [-0.25, -0.2) is 0 Å². The number of carbonyl (C=O) groups excluding carboxylic acids is 1. The largest absolute Gasteiger partial charge is 0.496 e. The molecular formula is C19H27NO4. The van der Waals surface area contributed by atoms with Crippen molar-refractivity contribution in [1.29, 1.82) is 0 Å². The minimum absolute atomic E-state index is 0.131. The highest BCUT2D eigenvalue weighted by molar-refractivity contribution is 5.76. The first-order valence-electron chi connectivity index (χ1n) is 8.71. The monoisotopic (exact) mass is 333 g/mol. The lowest BCUT2D eigenvalue weighted by molar-refractivity contribution is -0.202. The highest BCUT2D eigenvalue weighted by Crippen LogP contribution is 2.50. The molecular weight excluding hydrogens is 306 g/mol. The molecule has 132 valence electrons. The maximum absolute atomic E-state index is 12.5. The number of likely N-dealkylation sites (tertiary alicyclic amines) is 1. The minimum atomic E-state index is -0.284. The highest BCUT2D eigenvalue weighted by Gasteiger charge is 2.56. The van der Waals surface area contributed by atoms with Gasteiger partial charge < -0.3 is 19.5 Å². The number of aryl methyl sites for hydroxylation is 1. The van der Waals surface area contributed by atoms with Crippen LogP contribution in [0.1, 0.15) is 31.2 Å². The third-order valence-electron chi connectivity index (χ3n) is 5.87. The number of ether oxygens (including phenoxy) is 2. The van der Waals surface area contributed by atoms with Gasteiger partial charge in [0.15, 0.2) is 0 Å². The van der Waals surface area contributed by atoms with Crippen LogP contribution in [0.25, 0.3) is 0 Å². The molecule has 1 amide bonds. The van der Waals surface area contributed by atoms with E-state index in [0.717, 1.165) is 30.6 Å². The molecule has 5 nitrogen and oxygen atoms in total. The number of benzene rings is 1. The molecule has 1 spiro atoms. The summed E-state index contributed by atoms with van der Waals surface area (Å²) in [5.41, 5.74) is 0.935. The van der Waals surface area contributed by atoms with Crippen molar-refractivity contribution in [3.8, 4) is 5.75 Å². The van der Waals surface area contributed by atoms with Crippen LogP contribution >= 0.6 is 0 Å². The summed E-state index contributed by atoms with van der Waals surface area (Å²) in [5, 5.41) is 10.2. The van der Waals surface area contributed by atoms with Crippen molar-refractivity contribution >= 4 is 5.91 Å². The molecule has 24 heavy (non-hydrogen) atoms. The zero-order valence-corrected chi connectivity index (χ0v) is 14.5. The Hall–Kier alpha value is -1.59. The van der Waals surface area contributed by atoms with E-state index in [-0.39, 0.29) is 23.5 Å². The molecule has 0 radical (unpaired) electrons. The fraction of sp³-hybridized carbons (Fsp3) is 0.632. The number of hydrogen-bond donors (Lipinski definition) is 1. The number of hydrogen-bond acceptors (Lipinski definition) is 4. The molecule has 2 aliphatic rings.